The van der Waals surface area contributed by atoms with Gasteiger partial charge in [-0.15, -0.1) is 0 Å². The summed E-state index contributed by atoms with van der Waals surface area (Å²) in [5, 5.41) is 28.9. The van der Waals surface area contributed by atoms with Gasteiger partial charge in [-0.2, -0.15) is 15.8 Å². The first-order valence-corrected chi connectivity index (χ1v) is 46.4. The van der Waals surface area contributed by atoms with Crippen molar-refractivity contribution in [2.45, 2.75) is 119 Å². The molecule has 714 valence electrons. The van der Waals surface area contributed by atoms with Gasteiger partial charge in [0.1, 0.15) is 51.8 Å². The smallest absolute Gasteiger partial charge is 0.276 e. The molecule has 9 aromatic heterocycles. The first kappa shape index (κ1) is 103. The van der Waals surface area contributed by atoms with Crippen molar-refractivity contribution in [3.8, 4) is 69.0 Å². The Balaban J connectivity index is 0.000000175. The molecule has 0 spiro atoms. The van der Waals surface area contributed by atoms with Crippen molar-refractivity contribution >= 4 is 201 Å². The van der Waals surface area contributed by atoms with Crippen LogP contribution < -0.4 is 48.6 Å². The van der Waals surface area contributed by atoms with Crippen LogP contribution in [0.4, 0.5) is 56.1 Å². The van der Waals surface area contributed by atoms with Crippen LogP contribution in [0.2, 0.25) is 50.2 Å². The summed E-state index contributed by atoms with van der Waals surface area (Å²) in [6.07, 6.45) is 8.59. The van der Waals surface area contributed by atoms with E-state index in [1.165, 1.54) is 50.1 Å². The summed E-state index contributed by atoms with van der Waals surface area (Å²) in [6, 6.07) is 15.0. The maximum absolute atomic E-state index is 15.1. The van der Waals surface area contributed by atoms with Gasteiger partial charge in [-0.1, -0.05) is 177 Å². The number of benzene rings is 3. The fraction of sp³-hybridized carbons (Fsp3) is 0.281. The molecule has 3 aromatic carbocycles. The van der Waals surface area contributed by atoms with Gasteiger partial charge in [-0.3, -0.25) is 57.4 Å². The van der Waals surface area contributed by atoms with Crippen molar-refractivity contribution in [3.05, 3.63) is 254 Å². The minimum absolute atomic E-state index is 0.00487. The molecule has 3 amide bonds. The Morgan fingerprint density at radius 2 is 0.659 bits per heavy atom. The van der Waals surface area contributed by atoms with E-state index in [9.17, 15) is 57.7 Å². The predicted octanol–water partition coefficient (Wildman–Crippen LogP) is 20.9. The summed E-state index contributed by atoms with van der Waals surface area (Å²) >= 11 is 64.0. The number of amides is 3. The molecule has 0 aliphatic carbocycles. The Labute approximate surface area is 837 Å². The Hall–Kier alpha value is -12.4. The van der Waals surface area contributed by atoms with Gasteiger partial charge < -0.3 is 46.6 Å². The summed E-state index contributed by atoms with van der Waals surface area (Å²) in [5.41, 5.74) is 19.4. The highest BCUT2D eigenvalue weighted by atomic mass is 35.5. The molecule has 0 bridgehead atoms. The van der Waals surface area contributed by atoms with Gasteiger partial charge in [0.2, 0.25) is 17.7 Å². The van der Waals surface area contributed by atoms with Crippen LogP contribution in [-0.4, -0.2) is 153 Å². The second-order valence-corrected chi connectivity index (χ2v) is 37.6. The van der Waals surface area contributed by atoms with E-state index in [4.69, 9.17) is 143 Å². The third-order valence-electron chi connectivity index (χ3n) is 24.2. The molecule has 3 aliphatic heterocycles. The number of nitrogen functional groups attached to an aromatic ring is 3. The fourth-order valence-corrected chi connectivity index (χ4v) is 20.0. The lowest BCUT2D eigenvalue weighted by Gasteiger charge is -2.41. The maximum Gasteiger partial charge on any atom is 0.276 e. The van der Waals surface area contributed by atoms with E-state index >= 15 is 8.78 Å². The number of hydrogen-bond acceptors (Lipinski definition) is 21. The monoisotopic (exact) mass is 2070 g/mol. The Bertz CT molecular complexity index is 6780. The molecule has 0 radical (unpaired) electrons. The van der Waals surface area contributed by atoms with Gasteiger partial charge in [-0.25, -0.2) is 36.9 Å². The third-order valence-corrected chi connectivity index (χ3v) is 27.8. The normalized spacial score (nSPS) is 15.0. The highest BCUT2D eigenvalue weighted by Crippen LogP contribution is 2.51. The SMILES string of the molecule is C=CC(=O)N1CCN(c2c(C#N)c(=O)n(-c3c(C)ccnc3C(C)C)c3nc(-c4c(N)c(Cl)c(Cl)c(F)c4Cl)c(Cl)cc23)C[C@H]1C.C=CC(=O)N1CCN(c2c(C#N)c(=O)n(-c3c(C)ccnc3C(C)C)c3nc(-c4c(N)c(Cl)c(Cl)c(F)c4Cl)c(Cl)cc23)C[C@H]1C.C=CC(=O)N1CCN(c2c(C#N)c(=O)n(-c3c(C)ccnc3C(C)C)c3nc(-c4c(N)c(F)c(F)c(F)c4Cl)c(Cl)cc23)C[C@H]1C. The second kappa shape index (κ2) is 41.0. The Morgan fingerprint density at radius 3 is 0.906 bits per heavy atom. The molecule has 6 N–H and O–H groups in total. The number of aromatic nitrogens is 9. The van der Waals surface area contributed by atoms with Crippen molar-refractivity contribution < 1.29 is 36.3 Å². The van der Waals surface area contributed by atoms with Crippen LogP contribution in [0.15, 0.2) is 107 Å². The number of carbonyl (C=O) groups is 3. The fourth-order valence-electron chi connectivity index (χ4n) is 17.6. The van der Waals surface area contributed by atoms with Crippen LogP contribution in [0.3, 0.4) is 0 Å². The molecule has 3 atom stereocenters. The molecule has 12 heterocycles. The first-order valence-electron chi connectivity index (χ1n) is 42.6. The number of nitrogens with zero attached hydrogens (tertiary/aromatic N) is 18. The van der Waals surface area contributed by atoms with Gasteiger partial charge in [0, 0.05) is 128 Å². The molecule has 3 aliphatic rings. The molecule has 42 heteroatoms. The molecular formula is C96H84Cl10F5N21O6. The van der Waals surface area contributed by atoms with Gasteiger partial charge in [0.15, 0.2) is 29.1 Å². The van der Waals surface area contributed by atoms with Crippen molar-refractivity contribution in [2.75, 3.05) is 90.8 Å². The molecule has 3 saturated heterocycles. The summed E-state index contributed by atoms with van der Waals surface area (Å²) in [5.74, 6) is -8.41. The number of aryl methyl sites for hydroxylation is 3. The summed E-state index contributed by atoms with van der Waals surface area (Å²) in [6.45, 7) is 35.7. The Kier molecular flexibility index (Phi) is 30.6. The molecule has 3 fully saturated rings. The number of hydrogen-bond donors (Lipinski definition) is 3. The largest absolute Gasteiger partial charge is 0.397 e. The zero-order valence-electron chi connectivity index (χ0n) is 75.8. The number of carbonyl (C=O) groups excluding carboxylic acids is 3. The summed E-state index contributed by atoms with van der Waals surface area (Å²) in [7, 11) is 0. The number of piperazine rings is 3. The highest BCUT2D eigenvalue weighted by Gasteiger charge is 2.40. The number of fused-ring (bicyclic) bond motifs is 3. The van der Waals surface area contributed by atoms with Crippen LogP contribution in [0.1, 0.15) is 131 Å². The number of pyridine rings is 9. The van der Waals surface area contributed by atoms with Gasteiger partial charge >= 0.3 is 0 Å². The third kappa shape index (κ3) is 18.1. The van der Waals surface area contributed by atoms with E-state index in [2.05, 4.69) is 57.9 Å². The van der Waals surface area contributed by atoms with Crippen molar-refractivity contribution in [2.24, 2.45) is 0 Å². The molecule has 0 saturated carbocycles. The number of rotatable bonds is 15. The van der Waals surface area contributed by atoms with Crippen molar-refractivity contribution in [1.82, 2.24) is 58.3 Å². The molecule has 0 unspecified atom stereocenters. The minimum atomic E-state index is -1.86. The van der Waals surface area contributed by atoms with Crippen LogP contribution in [-0.2, 0) is 14.4 Å². The van der Waals surface area contributed by atoms with Crippen LogP contribution >= 0.6 is 116 Å². The molecule has 12 aromatic rings. The van der Waals surface area contributed by atoms with E-state index in [0.29, 0.717) is 112 Å². The lowest BCUT2D eigenvalue weighted by Crippen LogP contribution is -2.54. The van der Waals surface area contributed by atoms with Crippen molar-refractivity contribution in [3.63, 3.8) is 0 Å². The van der Waals surface area contributed by atoms with E-state index < -0.39 is 82.1 Å². The Morgan fingerprint density at radius 1 is 0.399 bits per heavy atom. The zero-order valence-corrected chi connectivity index (χ0v) is 83.3. The number of nitrogens with two attached hydrogens (primary N) is 3. The number of anilines is 6. The predicted molar refractivity (Wildman–Crippen MR) is 536 cm³/mol. The molecular weight excluding hydrogens is 1990 g/mol. The summed E-state index contributed by atoms with van der Waals surface area (Å²) in [4.78, 5) is 119. The van der Waals surface area contributed by atoms with E-state index in [1.54, 1.807) is 63.3 Å². The zero-order chi connectivity index (χ0) is 101. The maximum atomic E-state index is 15.1. The van der Waals surface area contributed by atoms with E-state index in [1.807, 2.05) is 86.0 Å². The standard InChI is InChI=1S/2C32H28Cl4FN7O2.C32H28Cl2F3N7O2/c2*1-6-20(45)43-10-9-42(13-16(43)5)30-17-11-19(33)28(21-22(34)25(37)23(35)24(36)26(21)39)41-31(17)44(32(46)18(30)12-38)29-15(4)7-8-40-27(29)14(2)3;1-6-20(45)43-10-9-42(13-16(43)5)30-17-11-19(33)28(21-22(34)23(35)24(36)25(37)26(21)39)41-31(17)44(32(46)18(30)12-38)29-15(4)7-8-40-27(29)14(2)3/h3*6-8,11,14,16H,1,9-10,13,39H2,2-5H3/t3*16-/m111/s1. The highest BCUT2D eigenvalue weighted by molar-refractivity contribution is 6.48. The molecule has 138 heavy (non-hydrogen) atoms. The average molecular weight is 2080 g/mol. The van der Waals surface area contributed by atoms with Crippen molar-refractivity contribution in [1.29, 1.82) is 15.8 Å². The summed E-state index contributed by atoms with van der Waals surface area (Å²) < 4.78 is 77.7. The lowest BCUT2D eigenvalue weighted by atomic mass is 10.0. The van der Waals surface area contributed by atoms with E-state index in [0.717, 1.165) is 0 Å². The van der Waals surface area contributed by atoms with Gasteiger partial charge in [-0.05, 0) is 131 Å². The minimum Gasteiger partial charge on any atom is -0.397 e. The average Bonchev–Trinajstić information content (AvgIpc) is 0.726. The van der Waals surface area contributed by atoms with E-state index in [-0.39, 0.29) is 183 Å². The molecule has 27 nitrogen and oxygen atoms in total. The lowest BCUT2D eigenvalue weighted by molar-refractivity contribution is -0.129. The van der Waals surface area contributed by atoms with Crippen LogP contribution in [0, 0.1) is 83.9 Å². The van der Waals surface area contributed by atoms with Crippen LogP contribution in [0.5, 0.6) is 0 Å². The quantitative estimate of drug-likeness (QED) is 0.0282. The first-order chi connectivity index (χ1) is 65.2. The van der Waals surface area contributed by atoms with Gasteiger partial charge in [0.25, 0.3) is 16.7 Å². The number of halogens is 15. The molecule has 15 rings (SSSR count). The topological polar surface area (TPSA) is 363 Å². The number of nitriles is 3. The second-order valence-electron chi connectivity index (χ2n) is 33.8. The van der Waals surface area contributed by atoms with Gasteiger partial charge in [0.05, 0.1) is 136 Å². The van der Waals surface area contributed by atoms with Crippen LogP contribution in [0.25, 0.3) is 83.9 Å².